The standard InChI is InChI=1S/C16H22N4O2/c21-15(13-4-1-2-8-17-13)19-12-6-10-20(11-7-12)14-5-3-9-18-16(14)22/h1-2,4,8,12,14H,3,5-7,9-11H2,(H,18,22)(H,19,21). The molecule has 118 valence electrons. The lowest BCUT2D eigenvalue weighted by molar-refractivity contribution is -0.128. The van der Waals surface area contributed by atoms with Gasteiger partial charge in [-0.1, -0.05) is 6.07 Å². The molecule has 0 aromatic carbocycles. The molecule has 1 atom stereocenters. The number of aromatic nitrogens is 1. The summed E-state index contributed by atoms with van der Waals surface area (Å²) in [5.41, 5.74) is 0.455. The second-order valence-corrected chi connectivity index (χ2v) is 5.95. The van der Waals surface area contributed by atoms with Crippen LogP contribution in [0.5, 0.6) is 0 Å². The number of carbonyl (C=O) groups is 2. The van der Waals surface area contributed by atoms with Crippen molar-refractivity contribution in [2.75, 3.05) is 19.6 Å². The summed E-state index contributed by atoms with van der Waals surface area (Å²) >= 11 is 0. The Morgan fingerprint density at radius 2 is 2.09 bits per heavy atom. The molecule has 6 nitrogen and oxygen atoms in total. The Hall–Kier alpha value is -1.95. The van der Waals surface area contributed by atoms with Gasteiger partial charge in [-0.05, 0) is 37.8 Å². The number of nitrogens with zero attached hydrogens (tertiary/aromatic N) is 2. The van der Waals surface area contributed by atoms with Gasteiger partial charge in [-0.25, -0.2) is 0 Å². The van der Waals surface area contributed by atoms with Gasteiger partial charge in [-0.15, -0.1) is 0 Å². The summed E-state index contributed by atoms with van der Waals surface area (Å²) in [7, 11) is 0. The molecule has 2 amide bonds. The Balaban J connectivity index is 1.49. The molecule has 0 radical (unpaired) electrons. The topological polar surface area (TPSA) is 74.3 Å². The van der Waals surface area contributed by atoms with Crippen LogP contribution in [0.3, 0.4) is 0 Å². The smallest absolute Gasteiger partial charge is 0.270 e. The zero-order valence-electron chi connectivity index (χ0n) is 12.6. The van der Waals surface area contributed by atoms with Crippen molar-refractivity contribution in [1.29, 1.82) is 0 Å². The Labute approximate surface area is 130 Å². The minimum Gasteiger partial charge on any atom is -0.355 e. The molecule has 6 heteroatoms. The Morgan fingerprint density at radius 3 is 2.77 bits per heavy atom. The molecule has 2 N–H and O–H groups in total. The van der Waals surface area contributed by atoms with Crippen LogP contribution in [0.4, 0.5) is 0 Å². The third-order valence-corrected chi connectivity index (χ3v) is 4.46. The monoisotopic (exact) mass is 302 g/mol. The third kappa shape index (κ3) is 3.44. The number of hydrogen-bond donors (Lipinski definition) is 2. The predicted octanol–water partition coefficient (Wildman–Crippen LogP) is 0.554. The fourth-order valence-corrected chi connectivity index (χ4v) is 3.22. The zero-order chi connectivity index (χ0) is 15.4. The van der Waals surface area contributed by atoms with Crippen LogP contribution in [0.2, 0.25) is 0 Å². The van der Waals surface area contributed by atoms with Crippen molar-refractivity contribution in [3.8, 4) is 0 Å². The summed E-state index contributed by atoms with van der Waals surface area (Å²) in [5.74, 6) is 0.0386. The lowest BCUT2D eigenvalue weighted by atomic mass is 9.99. The molecule has 2 aliphatic heterocycles. The van der Waals surface area contributed by atoms with E-state index in [1.54, 1.807) is 18.3 Å². The van der Waals surface area contributed by atoms with Crippen LogP contribution in [0.15, 0.2) is 24.4 Å². The van der Waals surface area contributed by atoms with Gasteiger partial charge in [-0.3, -0.25) is 19.5 Å². The lowest BCUT2D eigenvalue weighted by Crippen LogP contribution is -2.54. The average Bonchev–Trinajstić information content (AvgIpc) is 2.57. The largest absolute Gasteiger partial charge is 0.355 e. The molecular weight excluding hydrogens is 280 g/mol. The molecule has 0 saturated carbocycles. The fraction of sp³-hybridized carbons (Fsp3) is 0.562. The lowest BCUT2D eigenvalue weighted by Gasteiger charge is -2.38. The van der Waals surface area contributed by atoms with Crippen molar-refractivity contribution in [2.45, 2.75) is 37.8 Å². The van der Waals surface area contributed by atoms with E-state index in [2.05, 4.69) is 20.5 Å². The Morgan fingerprint density at radius 1 is 1.27 bits per heavy atom. The number of amides is 2. The molecule has 2 saturated heterocycles. The van der Waals surface area contributed by atoms with E-state index in [4.69, 9.17) is 0 Å². The molecule has 2 fully saturated rings. The first-order valence-corrected chi connectivity index (χ1v) is 7.98. The number of nitrogens with one attached hydrogen (secondary N) is 2. The number of likely N-dealkylation sites (tertiary alicyclic amines) is 1. The van der Waals surface area contributed by atoms with Gasteiger partial charge in [0.05, 0.1) is 6.04 Å². The summed E-state index contributed by atoms with van der Waals surface area (Å²) in [6.45, 7) is 2.50. The first-order chi connectivity index (χ1) is 10.7. The van der Waals surface area contributed by atoms with E-state index in [1.807, 2.05) is 6.07 Å². The van der Waals surface area contributed by atoms with E-state index in [9.17, 15) is 9.59 Å². The highest BCUT2D eigenvalue weighted by molar-refractivity contribution is 5.92. The Kier molecular flexibility index (Phi) is 4.68. The van der Waals surface area contributed by atoms with Gasteiger partial charge in [0.15, 0.2) is 0 Å². The second kappa shape index (κ2) is 6.87. The van der Waals surface area contributed by atoms with E-state index in [0.717, 1.165) is 45.3 Å². The van der Waals surface area contributed by atoms with Gasteiger partial charge in [0, 0.05) is 31.9 Å². The SMILES string of the molecule is O=C(NC1CCN(C2CCCNC2=O)CC1)c1ccccn1. The van der Waals surface area contributed by atoms with Crippen molar-refractivity contribution >= 4 is 11.8 Å². The Bertz CT molecular complexity index is 526. The maximum absolute atomic E-state index is 12.1. The zero-order valence-corrected chi connectivity index (χ0v) is 12.6. The minimum absolute atomic E-state index is 0.0150. The van der Waals surface area contributed by atoms with Gasteiger partial charge in [-0.2, -0.15) is 0 Å². The summed E-state index contributed by atoms with van der Waals surface area (Å²) < 4.78 is 0. The molecule has 3 heterocycles. The number of piperidine rings is 2. The number of carbonyl (C=O) groups excluding carboxylic acids is 2. The van der Waals surface area contributed by atoms with Crippen LogP contribution in [-0.4, -0.2) is 53.4 Å². The molecule has 3 rings (SSSR count). The van der Waals surface area contributed by atoms with Crippen LogP contribution in [0.25, 0.3) is 0 Å². The predicted molar refractivity (Wildman–Crippen MR) is 82.3 cm³/mol. The fourth-order valence-electron chi connectivity index (χ4n) is 3.22. The van der Waals surface area contributed by atoms with Crippen LogP contribution >= 0.6 is 0 Å². The first kappa shape index (κ1) is 15.0. The van der Waals surface area contributed by atoms with Crippen molar-refractivity contribution in [2.24, 2.45) is 0 Å². The second-order valence-electron chi connectivity index (χ2n) is 5.95. The minimum atomic E-state index is -0.116. The highest BCUT2D eigenvalue weighted by Crippen LogP contribution is 2.18. The average molecular weight is 302 g/mol. The first-order valence-electron chi connectivity index (χ1n) is 7.98. The molecular formula is C16H22N4O2. The van der Waals surface area contributed by atoms with Gasteiger partial charge in [0.1, 0.15) is 5.69 Å². The maximum Gasteiger partial charge on any atom is 0.270 e. The molecule has 1 aromatic rings. The summed E-state index contributed by atoms with van der Waals surface area (Å²) in [6.07, 6.45) is 5.37. The van der Waals surface area contributed by atoms with Gasteiger partial charge in [0.2, 0.25) is 5.91 Å². The normalized spacial score (nSPS) is 23.8. The number of hydrogen-bond acceptors (Lipinski definition) is 4. The van der Waals surface area contributed by atoms with E-state index in [0.29, 0.717) is 5.69 Å². The number of pyridine rings is 1. The maximum atomic E-state index is 12.1. The van der Waals surface area contributed by atoms with E-state index in [1.165, 1.54) is 0 Å². The molecule has 2 aliphatic rings. The van der Waals surface area contributed by atoms with Crippen molar-refractivity contribution in [3.63, 3.8) is 0 Å². The van der Waals surface area contributed by atoms with Gasteiger partial charge >= 0.3 is 0 Å². The number of rotatable bonds is 3. The summed E-state index contributed by atoms with van der Waals surface area (Å²) in [4.78, 5) is 30.3. The van der Waals surface area contributed by atoms with Crippen molar-refractivity contribution in [1.82, 2.24) is 20.5 Å². The third-order valence-electron chi connectivity index (χ3n) is 4.46. The molecule has 0 bridgehead atoms. The quantitative estimate of drug-likeness (QED) is 0.855. The summed E-state index contributed by atoms with van der Waals surface area (Å²) in [5, 5.41) is 5.98. The molecule has 22 heavy (non-hydrogen) atoms. The van der Waals surface area contributed by atoms with E-state index < -0.39 is 0 Å². The van der Waals surface area contributed by atoms with Crippen LogP contribution in [0.1, 0.15) is 36.2 Å². The van der Waals surface area contributed by atoms with Crippen LogP contribution in [0, 0.1) is 0 Å². The summed E-state index contributed by atoms with van der Waals surface area (Å²) in [6, 6.07) is 5.51. The highest BCUT2D eigenvalue weighted by atomic mass is 16.2. The molecule has 0 aliphatic carbocycles. The van der Waals surface area contributed by atoms with Gasteiger partial charge < -0.3 is 10.6 Å². The molecule has 0 spiro atoms. The highest BCUT2D eigenvalue weighted by Gasteiger charge is 2.31. The van der Waals surface area contributed by atoms with Crippen LogP contribution in [-0.2, 0) is 4.79 Å². The van der Waals surface area contributed by atoms with Crippen molar-refractivity contribution in [3.05, 3.63) is 30.1 Å². The van der Waals surface area contributed by atoms with Crippen LogP contribution < -0.4 is 10.6 Å². The van der Waals surface area contributed by atoms with Crippen molar-refractivity contribution < 1.29 is 9.59 Å². The van der Waals surface area contributed by atoms with E-state index >= 15 is 0 Å². The molecule has 1 aromatic heterocycles. The van der Waals surface area contributed by atoms with Gasteiger partial charge in [0.25, 0.3) is 5.91 Å². The molecule has 1 unspecified atom stereocenters. The van der Waals surface area contributed by atoms with E-state index in [-0.39, 0.29) is 23.9 Å².